The summed E-state index contributed by atoms with van der Waals surface area (Å²) in [5.74, 6) is -0.597. The number of hydrogen-bond donors (Lipinski definition) is 0. The van der Waals surface area contributed by atoms with E-state index in [1.54, 1.807) is 0 Å². The van der Waals surface area contributed by atoms with E-state index in [2.05, 4.69) is 4.18 Å². The third-order valence-corrected chi connectivity index (χ3v) is 2.74. The molecule has 1 atom stereocenters. The van der Waals surface area contributed by atoms with Crippen LogP contribution in [0, 0.1) is 0 Å². The minimum Gasteiger partial charge on any atom is -0.348 e. The molecule has 0 saturated carbocycles. The summed E-state index contributed by atoms with van der Waals surface area (Å²) in [5, 5.41) is 0. The van der Waals surface area contributed by atoms with Crippen molar-refractivity contribution in [3.8, 4) is 0 Å². The van der Waals surface area contributed by atoms with Crippen molar-refractivity contribution in [2.24, 2.45) is 0 Å². The highest BCUT2D eigenvalue weighted by Crippen LogP contribution is 2.32. The van der Waals surface area contributed by atoms with Gasteiger partial charge in [-0.25, -0.2) is 0 Å². The summed E-state index contributed by atoms with van der Waals surface area (Å²) >= 11 is 0. The molecule has 0 N–H and O–H groups in total. The van der Waals surface area contributed by atoms with Crippen LogP contribution in [-0.4, -0.2) is 39.3 Å². The van der Waals surface area contributed by atoms with Crippen LogP contribution < -0.4 is 0 Å². The van der Waals surface area contributed by atoms with Crippen LogP contribution in [0.15, 0.2) is 0 Å². The Morgan fingerprint density at radius 1 is 1.33 bits per heavy atom. The van der Waals surface area contributed by atoms with Crippen molar-refractivity contribution in [1.82, 2.24) is 0 Å². The molecule has 1 aliphatic rings. The van der Waals surface area contributed by atoms with E-state index in [4.69, 9.17) is 9.47 Å². The predicted molar refractivity (Wildman–Crippen MR) is 54.9 cm³/mol. The van der Waals surface area contributed by atoms with Gasteiger partial charge < -0.3 is 9.47 Å². The summed E-state index contributed by atoms with van der Waals surface area (Å²) in [4.78, 5) is 0. The lowest BCUT2D eigenvalue weighted by Crippen LogP contribution is -2.32. The highest BCUT2D eigenvalue weighted by atomic mass is 32.2. The Bertz CT molecular complexity index is 321. The number of hydrogen-bond acceptors (Lipinski definition) is 5. The molecule has 0 aromatic heterocycles. The maximum atomic E-state index is 10.7. The van der Waals surface area contributed by atoms with Crippen molar-refractivity contribution < 1.29 is 22.1 Å². The van der Waals surface area contributed by atoms with Crippen LogP contribution in [0.2, 0.25) is 0 Å². The molecule has 0 aromatic rings. The highest BCUT2D eigenvalue weighted by Gasteiger charge is 2.41. The highest BCUT2D eigenvalue weighted by molar-refractivity contribution is 7.85. The molecule has 15 heavy (non-hydrogen) atoms. The summed E-state index contributed by atoms with van der Waals surface area (Å²) in [7, 11) is -3.37. The first-order valence-corrected chi connectivity index (χ1v) is 6.62. The van der Waals surface area contributed by atoms with Crippen molar-refractivity contribution >= 4 is 10.1 Å². The summed E-state index contributed by atoms with van der Waals surface area (Å²) in [6.45, 7) is 6.11. The molecule has 1 rings (SSSR count). The molecule has 1 saturated heterocycles. The Morgan fingerprint density at radius 2 is 1.93 bits per heavy atom. The van der Waals surface area contributed by atoms with Gasteiger partial charge in [-0.15, -0.1) is 0 Å². The van der Waals surface area contributed by atoms with Gasteiger partial charge in [0, 0.05) is 6.42 Å². The summed E-state index contributed by atoms with van der Waals surface area (Å²) in [5.41, 5.74) is -0.464. The Balaban J connectivity index is 2.40. The quantitative estimate of drug-likeness (QED) is 0.681. The van der Waals surface area contributed by atoms with Crippen LogP contribution in [0.25, 0.3) is 0 Å². The molecule has 6 heteroatoms. The van der Waals surface area contributed by atoms with E-state index in [0.717, 1.165) is 6.26 Å². The molecule has 0 unspecified atom stereocenters. The van der Waals surface area contributed by atoms with Gasteiger partial charge in [-0.3, -0.25) is 4.18 Å². The fourth-order valence-corrected chi connectivity index (χ4v) is 1.90. The average Bonchev–Trinajstić information content (AvgIpc) is 2.23. The molecule has 0 bridgehead atoms. The second-order valence-corrected chi connectivity index (χ2v) is 6.16. The summed E-state index contributed by atoms with van der Waals surface area (Å²) in [6, 6.07) is 0. The van der Waals surface area contributed by atoms with Crippen molar-refractivity contribution in [3.05, 3.63) is 0 Å². The molecule has 0 aliphatic carbocycles. The first kappa shape index (κ1) is 12.9. The van der Waals surface area contributed by atoms with E-state index < -0.39 is 21.5 Å². The Morgan fingerprint density at radius 3 is 2.33 bits per heavy atom. The van der Waals surface area contributed by atoms with Crippen molar-refractivity contribution in [2.45, 2.75) is 38.6 Å². The summed E-state index contributed by atoms with van der Waals surface area (Å²) in [6.07, 6.45) is 1.52. The van der Waals surface area contributed by atoms with Gasteiger partial charge in [-0.2, -0.15) is 8.42 Å². The van der Waals surface area contributed by atoms with Gasteiger partial charge >= 0.3 is 0 Å². The first-order valence-electron chi connectivity index (χ1n) is 4.81. The molecule has 0 spiro atoms. The Kier molecular flexibility index (Phi) is 3.45. The van der Waals surface area contributed by atoms with Crippen molar-refractivity contribution in [2.75, 3.05) is 19.5 Å². The lowest BCUT2D eigenvalue weighted by atomic mass is 10.1. The fraction of sp³-hybridized carbons (Fsp3) is 1.00. The molecule has 5 nitrogen and oxygen atoms in total. The standard InChI is InChI=1S/C9H18O5S/c1-8(2)12-7-9(3,14-8)5-6-13-15(4,10)11/h5-7H2,1-4H3/t9-/m0/s1. The minimum absolute atomic E-state index is 0.120. The second-order valence-electron chi connectivity index (χ2n) is 4.52. The van der Waals surface area contributed by atoms with Crippen LogP contribution in [0.4, 0.5) is 0 Å². The van der Waals surface area contributed by atoms with E-state index in [1.165, 1.54) is 0 Å². The lowest BCUT2D eigenvalue weighted by molar-refractivity contribution is -0.159. The van der Waals surface area contributed by atoms with Gasteiger partial charge in [0.15, 0.2) is 5.79 Å². The molecule has 0 amide bonds. The average molecular weight is 238 g/mol. The SMILES string of the molecule is CC1(C)OC[C@](C)(CCOS(C)(=O)=O)O1. The smallest absolute Gasteiger partial charge is 0.264 e. The number of rotatable bonds is 4. The zero-order valence-corrected chi connectivity index (χ0v) is 10.4. The molecule has 1 aliphatic heterocycles. The first-order chi connectivity index (χ1) is 6.62. The van der Waals surface area contributed by atoms with Crippen molar-refractivity contribution in [1.29, 1.82) is 0 Å². The van der Waals surface area contributed by atoms with Crippen molar-refractivity contribution in [3.63, 3.8) is 0 Å². The van der Waals surface area contributed by atoms with Crippen LogP contribution in [-0.2, 0) is 23.8 Å². The van der Waals surface area contributed by atoms with Gasteiger partial charge in [0.2, 0.25) is 0 Å². The maximum Gasteiger partial charge on any atom is 0.264 e. The van der Waals surface area contributed by atoms with Crippen LogP contribution >= 0.6 is 0 Å². The zero-order valence-electron chi connectivity index (χ0n) is 9.57. The molecule has 1 heterocycles. The van der Waals surface area contributed by atoms with Gasteiger partial charge in [0.25, 0.3) is 10.1 Å². The molecule has 90 valence electrons. The van der Waals surface area contributed by atoms with E-state index in [9.17, 15) is 8.42 Å². The zero-order chi connectivity index (χ0) is 11.7. The number of ether oxygens (including phenoxy) is 2. The van der Waals surface area contributed by atoms with Crippen LogP contribution in [0.5, 0.6) is 0 Å². The van der Waals surface area contributed by atoms with Gasteiger partial charge in [0.1, 0.15) is 0 Å². The topological polar surface area (TPSA) is 61.8 Å². The van der Waals surface area contributed by atoms with E-state index in [-0.39, 0.29) is 6.61 Å². The molecular formula is C9H18O5S. The molecule has 0 aromatic carbocycles. The van der Waals surface area contributed by atoms with E-state index in [0.29, 0.717) is 13.0 Å². The molecule has 1 fully saturated rings. The third-order valence-electron chi connectivity index (χ3n) is 2.15. The van der Waals surface area contributed by atoms with E-state index in [1.807, 2.05) is 20.8 Å². The monoisotopic (exact) mass is 238 g/mol. The largest absolute Gasteiger partial charge is 0.348 e. The second kappa shape index (κ2) is 4.01. The Labute approximate surface area is 90.8 Å². The third kappa shape index (κ3) is 4.46. The predicted octanol–water partition coefficient (Wildman–Crippen LogP) is 0.894. The lowest BCUT2D eigenvalue weighted by Gasteiger charge is -2.24. The Hall–Kier alpha value is -0.170. The van der Waals surface area contributed by atoms with Gasteiger partial charge in [0.05, 0.1) is 25.1 Å². The minimum atomic E-state index is -3.37. The van der Waals surface area contributed by atoms with Crippen LogP contribution in [0.3, 0.4) is 0 Å². The van der Waals surface area contributed by atoms with Gasteiger partial charge in [-0.05, 0) is 20.8 Å². The van der Waals surface area contributed by atoms with E-state index >= 15 is 0 Å². The van der Waals surface area contributed by atoms with Gasteiger partial charge in [-0.1, -0.05) is 0 Å². The summed E-state index contributed by atoms with van der Waals surface area (Å²) < 4.78 is 37.2. The fourth-order valence-electron chi connectivity index (χ4n) is 1.51. The molecular weight excluding hydrogens is 220 g/mol. The maximum absolute atomic E-state index is 10.7. The van der Waals surface area contributed by atoms with Crippen LogP contribution in [0.1, 0.15) is 27.2 Å². The normalized spacial score (nSPS) is 30.7. The molecule has 0 radical (unpaired) electrons.